The molecule has 0 radical (unpaired) electrons. The van der Waals surface area contributed by atoms with Crippen LogP contribution in [0.5, 0.6) is 0 Å². The van der Waals surface area contributed by atoms with Crippen LogP contribution in [0.25, 0.3) is 0 Å². The molecule has 0 amide bonds. The molecule has 2 aliphatic rings. The molecule has 0 bridgehead atoms. The van der Waals surface area contributed by atoms with Crippen LogP contribution in [-0.2, 0) is 14.8 Å². The van der Waals surface area contributed by atoms with Crippen molar-refractivity contribution in [1.82, 2.24) is 9.21 Å². The molecule has 0 aromatic carbocycles. The van der Waals surface area contributed by atoms with E-state index in [1.54, 1.807) is 4.31 Å². The highest BCUT2D eigenvalue weighted by Crippen LogP contribution is 2.35. The van der Waals surface area contributed by atoms with Crippen LogP contribution in [-0.4, -0.2) is 67.7 Å². The normalized spacial score (nSPS) is 32.4. The van der Waals surface area contributed by atoms with E-state index in [0.717, 1.165) is 25.9 Å². The number of carboxylic acid groups (broad SMARTS) is 1. The Morgan fingerprint density at radius 2 is 2.10 bits per heavy atom. The number of aliphatic carboxylic acids is 1. The number of rotatable bonds is 5. The number of hydrogen-bond acceptors (Lipinski definition) is 4. The molecule has 0 aromatic rings. The fraction of sp³-hybridized carbons (Fsp3) is 0.929. The minimum Gasteiger partial charge on any atom is -0.481 e. The summed E-state index contributed by atoms with van der Waals surface area (Å²) in [7, 11) is -3.11. The second-order valence-electron chi connectivity index (χ2n) is 6.55. The van der Waals surface area contributed by atoms with Crippen LogP contribution in [0, 0.1) is 11.3 Å². The molecule has 0 spiro atoms. The Balaban J connectivity index is 1.93. The summed E-state index contributed by atoms with van der Waals surface area (Å²) in [6, 6.07) is 0. The van der Waals surface area contributed by atoms with E-state index in [1.807, 2.05) is 6.92 Å². The van der Waals surface area contributed by atoms with Crippen LogP contribution in [0.3, 0.4) is 0 Å². The van der Waals surface area contributed by atoms with Crippen molar-refractivity contribution >= 4 is 16.0 Å². The average molecular weight is 318 g/mol. The van der Waals surface area contributed by atoms with Gasteiger partial charge in [-0.1, -0.05) is 6.92 Å². The minimum atomic E-state index is -3.11. The highest BCUT2D eigenvalue weighted by atomic mass is 32.2. The molecule has 2 heterocycles. The van der Waals surface area contributed by atoms with Crippen LogP contribution < -0.4 is 0 Å². The first-order chi connectivity index (χ1) is 9.77. The average Bonchev–Trinajstić information content (AvgIpc) is 2.83. The van der Waals surface area contributed by atoms with Gasteiger partial charge in [0.15, 0.2) is 0 Å². The predicted molar refractivity (Wildman–Crippen MR) is 80.6 cm³/mol. The molecule has 2 atom stereocenters. The monoisotopic (exact) mass is 318 g/mol. The number of sulfonamides is 1. The lowest BCUT2D eigenvalue weighted by atomic mass is 9.84. The lowest BCUT2D eigenvalue weighted by molar-refractivity contribution is -0.148. The second kappa shape index (κ2) is 6.22. The van der Waals surface area contributed by atoms with Gasteiger partial charge in [-0.2, -0.15) is 0 Å². The molecule has 2 rings (SSSR count). The molecule has 2 unspecified atom stereocenters. The molecule has 0 aliphatic carbocycles. The van der Waals surface area contributed by atoms with Gasteiger partial charge in [0.25, 0.3) is 0 Å². The fourth-order valence-electron chi connectivity index (χ4n) is 3.57. The van der Waals surface area contributed by atoms with Crippen molar-refractivity contribution in [1.29, 1.82) is 0 Å². The molecule has 21 heavy (non-hydrogen) atoms. The second-order valence-corrected chi connectivity index (χ2v) is 8.54. The quantitative estimate of drug-likeness (QED) is 0.813. The highest BCUT2D eigenvalue weighted by molar-refractivity contribution is 7.88. The topological polar surface area (TPSA) is 77.9 Å². The first kappa shape index (κ1) is 16.7. The van der Waals surface area contributed by atoms with Crippen molar-refractivity contribution in [3.63, 3.8) is 0 Å². The largest absolute Gasteiger partial charge is 0.481 e. The summed E-state index contributed by atoms with van der Waals surface area (Å²) < 4.78 is 24.8. The lowest BCUT2D eigenvalue weighted by Gasteiger charge is -2.33. The van der Waals surface area contributed by atoms with E-state index in [9.17, 15) is 18.3 Å². The van der Waals surface area contributed by atoms with Crippen LogP contribution in [0.4, 0.5) is 0 Å². The Hall–Kier alpha value is -0.660. The van der Waals surface area contributed by atoms with Crippen LogP contribution in [0.2, 0.25) is 0 Å². The third kappa shape index (κ3) is 3.76. The zero-order valence-corrected chi connectivity index (χ0v) is 13.7. The maximum absolute atomic E-state index is 11.6. The van der Waals surface area contributed by atoms with E-state index >= 15 is 0 Å². The maximum atomic E-state index is 11.6. The predicted octanol–water partition coefficient (Wildman–Crippen LogP) is 0.845. The van der Waals surface area contributed by atoms with Crippen molar-refractivity contribution in [2.24, 2.45) is 11.3 Å². The van der Waals surface area contributed by atoms with Crippen LogP contribution in [0.15, 0.2) is 0 Å². The summed E-state index contributed by atoms with van der Waals surface area (Å²) in [6.07, 6.45) is 4.52. The Morgan fingerprint density at radius 1 is 1.38 bits per heavy atom. The van der Waals surface area contributed by atoms with Gasteiger partial charge in [-0.25, -0.2) is 12.7 Å². The SMILES string of the molecule is CCC1(C(=O)O)CCN(CC2CCCN(S(C)(=O)=O)C2)C1. The molecule has 2 fully saturated rings. The third-order valence-electron chi connectivity index (χ3n) is 5.03. The van der Waals surface area contributed by atoms with Crippen LogP contribution in [0.1, 0.15) is 32.6 Å². The third-order valence-corrected chi connectivity index (χ3v) is 6.30. The first-order valence-electron chi connectivity index (χ1n) is 7.68. The van der Waals surface area contributed by atoms with E-state index in [2.05, 4.69) is 4.90 Å². The minimum absolute atomic E-state index is 0.315. The Bertz CT molecular complexity index is 493. The molecule has 0 aromatic heterocycles. The van der Waals surface area contributed by atoms with E-state index < -0.39 is 21.4 Å². The van der Waals surface area contributed by atoms with Crippen molar-refractivity contribution in [3.05, 3.63) is 0 Å². The van der Waals surface area contributed by atoms with Gasteiger partial charge in [0, 0.05) is 26.2 Å². The number of likely N-dealkylation sites (tertiary alicyclic amines) is 1. The smallest absolute Gasteiger partial charge is 0.310 e. The maximum Gasteiger partial charge on any atom is 0.310 e. The lowest BCUT2D eigenvalue weighted by Crippen LogP contribution is -2.43. The van der Waals surface area contributed by atoms with E-state index in [1.165, 1.54) is 6.26 Å². The van der Waals surface area contributed by atoms with Gasteiger partial charge in [-0.3, -0.25) is 4.79 Å². The zero-order chi connectivity index (χ0) is 15.7. The number of hydrogen-bond donors (Lipinski definition) is 1. The molecule has 0 saturated carbocycles. The summed E-state index contributed by atoms with van der Waals surface area (Å²) in [5.74, 6) is -0.385. The van der Waals surface area contributed by atoms with Crippen molar-refractivity contribution < 1.29 is 18.3 Å². The molecule has 2 saturated heterocycles. The Labute approximate surface area is 127 Å². The van der Waals surface area contributed by atoms with E-state index in [-0.39, 0.29) is 0 Å². The molecular weight excluding hydrogens is 292 g/mol. The molecule has 1 N–H and O–H groups in total. The van der Waals surface area contributed by atoms with Gasteiger partial charge >= 0.3 is 5.97 Å². The Morgan fingerprint density at radius 3 is 2.62 bits per heavy atom. The number of piperidine rings is 1. The highest BCUT2D eigenvalue weighted by Gasteiger charge is 2.43. The standard InChI is InChI=1S/C14H26N2O4S/c1-3-14(13(17)18)6-8-15(11-14)9-12-5-4-7-16(10-12)21(2,19)20/h12H,3-11H2,1-2H3,(H,17,18). The van der Waals surface area contributed by atoms with Crippen molar-refractivity contribution in [2.45, 2.75) is 32.6 Å². The van der Waals surface area contributed by atoms with Gasteiger partial charge in [0.05, 0.1) is 11.7 Å². The molecule has 6 nitrogen and oxygen atoms in total. The van der Waals surface area contributed by atoms with Crippen molar-refractivity contribution in [2.75, 3.05) is 39.0 Å². The zero-order valence-electron chi connectivity index (χ0n) is 12.9. The number of carboxylic acids is 1. The number of nitrogens with zero attached hydrogens (tertiary/aromatic N) is 2. The van der Waals surface area contributed by atoms with Gasteiger partial charge in [-0.05, 0) is 38.1 Å². The Kier molecular flexibility index (Phi) is 4.95. The van der Waals surface area contributed by atoms with Gasteiger partial charge < -0.3 is 10.0 Å². The van der Waals surface area contributed by atoms with Gasteiger partial charge in [0.2, 0.25) is 10.0 Å². The first-order valence-corrected chi connectivity index (χ1v) is 9.52. The molecule has 122 valence electrons. The van der Waals surface area contributed by atoms with Crippen LogP contribution >= 0.6 is 0 Å². The summed E-state index contributed by atoms with van der Waals surface area (Å²) >= 11 is 0. The summed E-state index contributed by atoms with van der Waals surface area (Å²) in [5, 5.41) is 9.42. The fourth-order valence-corrected chi connectivity index (χ4v) is 4.51. The molecule has 2 aliphatic heterocycles. The van der Waals surface area contributed by atoms with E-state index in [0.29, 0.717) is 38.4 Å². The van der Waals surface area contributed by atoms with E-state index in [4.69, 9.17) is 0 Å². The van der Waals surface area contributed by atoms with Gasteiger partial charge in [-0.15, -0.1) is 0 Å². The van der Waals surface area contributed by atoms with Crippen molar-refractivity contribution in [3.8, 4) is 0 Å². The van der Waals surface area contributed by atoms with Gasteiger partial charge in [0.1, 0.15) is 0 Å². The summed E-state index contributed by atoms with van der Waals surface area (Å²) in [5.41, 5.74) is -0.606. The molecular formula is C14H26N2O4S. The summed E-state index contributed by atoms with van der Waals surface area (Å²) in [6.45, 7) is 5.32. The molecule has 7 heteroatoms. The number of carbonyl (C=O) groups is 1. The summed E-state index contributed by atoms with van der Waals surface area (Å²) in [4.78, 5) is 13.7.